The lowest BCUT2D eigenvalue weighted by atomic mass is 10.3. The third kappa shape index (κ3) is 1.74. The van der Waals surface area contributed by atoms with Crippen molar-refractivity contribution in [2.24, 2.45) is 0 Å². The number of nitriles is 1. The second-order valence-corrected chi connectivity index (χ2v) is 3.37. The zero-order valence-electron chi connectivity index (χ0n) is 5.84. The van der Waals surface area contributed by atoms with Gasteiger partial charge in [0.25, 0.3) is 0 Å². The number of thioether (sulfide) groups is 1. The molecule has 0 N–H and O–H groups in total. The van der Waals surface area contributed by atoms with E-state index in [1.807, 2.05) is 0 Å². The van der Waals surface area contributed by atoms with Crippen LogP contribution in [0.25, 0.3) is 0 Å². The van der Waals surface area contributed by atoms with Gasteiger partial charge in [-0.1, -0.05) is 0 Å². The zero-order valence-corrected chi connectivity index (χ0v) is 7.81. The Morgan fingerprint density at radius 3 is 2.67 bits per heavy atom. The van der Waals surface area contributed by atoms with Crippen molar-refractivity contribution in [3.8, 4) is 5.40 Å². The molecule has 0 aliphatic rings. The third-order valence-corrected chi connectivity index (χ3v) is 2.69. The summed E-state index contributed by atoms with van der Waals surface area (Å²) in [6.07, 6.45) is 0. The fourth-order valence-electron chi connectivity index (χ4n) is 0.687. The Morgan fingerprint density at radius 2 is 2.08 bits per heavy atom. The predicted molar refractivity (Wildman–Crippen MR) is 47.2 cm³/mol. The van der Waals surface area contributed by atoms with Crippen molar-refractivity contribution in [3.05, 3.63) is 23.8 Å². The van der Waals surface area contributed by atoms with Crippen LogP contribution in [0.3, 0.4) is 0 Å². The van der Waals surface area contributed by atoms with Gasteiger partial charge in [-0.05, 0) is 23.9 Å². The summed E-state index contributed by atoms with van der Waals surface area (Å²) >= 11 is 0.803. The molecule has 0 fully saturated rings. The first-order valence-corrected chi connectivity index (χ1v) is 4.35. The molecule has 1 nitrogen and oxygen atoms in total. The van der Waals surface area contributed by atoms with E-state index in [1.54, 1.807) is 5.40 Å². The molecule has 0 heterocycles. The highest BCUT2D eigenvalue weighted by Gasteiger charge is 2.09. The van der Waals surface area contributed by atoms with E-state index >= 15 is 0 Å². The van der Waals surface area contributed by atoms with Gasteiger partial charge in [-0.3, -0.25) is 0 Å². The first-order valence-electron chi connectivity index (χ1n) is 2.96. The highest BCUT2D eigenvalue weighted by atomic mass is 32.2. The first kappa shape index (κ1) is 9.44. The summed E-state index contributed by atoms with van der Waals surface area (Å²) in [5.41, 5.74) is 0. The van der Waals surface area contributed by atoms with Crippen LogP contribution in [0.2, 0.25) is 0 Å². The topological polar surface area (TPSA) is 23.8 Å². The van der Waals surface area contributed by atoms with Crippen molar-refractivity contribution in [2.75, 3.05) is 0 Å². The number of nitrogens with zero attached hydrogens (tertiary/aromatic N) is 1. The van der Waals surface area contributed by atoms with Gasteiger partial charge >= 0.3 is 0 Å². The molecule has 12 heavy (non-hydrogen) atoms. The van der Waals surface area contributed by atoms with E-state index in [0.717, 1.165) is 17.8 Å². The summed E-state index contributed by atoms with van der Waals surface area (Å²) in [7, 11) is 2.07. The van der Waals surface area contributed by atoms with Crippen molar-refractivity contribution in [1.29, 1.82) is 5.26 Å². The maximum atomic E-state index is 12.8. The van der Waals surface area contributed by atoms with E-state index in [4.69, 9.17) is 5.26 Å². The van der Waals surface area contributed by atoms with E-state index in [-0.39, 0.29) is 5.30 Å². The zero-order chi connectivity index (χ0) is 9.14. The maximum Gasteiger partial charge on any atom is 0.167 e. The van der Waals surface area contributed by atoms with Crippen LogP contribution < -0.4 is 5.30 Å². The number of hydrogen-bond donors (Lipinski definition) is 0. The maximum absolute atomic E-state index is 12.8. The van der Waals surface area contributed by atoms with Gasteiger partial charge in [0.1, 0.15) is 5.40 Å². The monoisotopic (exact) mass is 203 g/mol. The van der Waals surface area contributed by atoms with E-state index in [2.05, 4.69) is 9.24 Å². The molecule has 1 rings (SSSR count). The van der Waals surface area contributed by atoms with Crippen molar-refractivity contribution in [3.63, 3.8) is 0 Å². The van der Waals surface area contributed by atoms with Crippen LogP contribution in [-0.2, 0) is 0 Å². The normalized spacial score (nSPS) is 9.50. The van der Waals surface area contributed by atoms with Crippen LogP contribution in [0.5, 0.6) is 0 Å². The highest BCUT2D eigenvalue weighted by molar-refractivity contribution is 8.04. The summed E-state index contributed by atoms with van der Waals surface area (Å²) < 4.78 is 25.3. The van der Waals surface area contributed by atoms with Crippen molar-refractivity contribution in [2.45, 2.75) is 4.90 Å². The average Bonchev–Trinajstić information content (AvgIpc) is 2.07. The SMILES string of the molecule is N#CSc1ccc(F)c(F)c1P. The Labute approximate surface area is 75.0 Å². The van der Waals surface area contributed by atoms with Crippen LogP contribution in [0, 0.1) is 22.3 Å². The quantitative estimate of drug-likeness (QED) is 0.396. The van der Waals surface area contributed by atoms with Crippen LogP contribution in [-0.4, -0.2) is 0 Å². The number of benzene rings is 1. The molecule has 5 heteroatoms. The molecule has 0 spiro atoms. The molecule has 0 radical (unpaired) electrons. The molecule has 0 aliphatic heterocycles. The Hall–Kier alpha value is -0.650. The summed E-state index contributed by atoms with van der Waals surface area (Å²) in [5.74, 6) is -1.82. The molecule has 0 aromatic heterocycles. The van der Waals surface area contributed by atoms with Gasteiger partial charge < -0.3 is 0 Å². The second-order valence-electron chi connectivity index (χ2n) is 1.97. The largest absolute Gasteiger partial charge is 0.204 e. The Bertz CT molecular complexity index is 348. The summed E-state index contributed by atoms with van der Waals surface area (Å²) in [6, 6.07) is 2.37. The van der Waals surface area contributed by atoms with Gasteiger partial charge in [-0.15, -0.1) is 9.24 Å². The lowest BCUT2D eigenvalue weighted by Crippen LogP contribution is -2.04. The molecule has 62 valence electrons. The summed E-state index contributed by atoms with van der Waals surface area (Å²) in [6.45, 7) is 0. The second kappa shape index (κ2) is 3.84. The number of rotatable bonds is 1. The standard InChI is InChI=1S/C7H4F2NPS/c8-4-1-2-5(12-3-10)7(11)6(4)9/h1-2H,11H2. The molecule has 0 aliphatic carbocycles. The van der Waals surface area contributed by atoms with E-state index in [9.17, 15) is 8.78 Å². The number of halogens is 2. The molecule has 0 saturated carbocycles. The Morgan fingerprint density at radius 1 is 1.42 bits per heavy atom. The minimum absolute atomic E-state index is 0.0987. The summed E-state index contributed by atoms with van der Waals surface area (Å²) in [4.78, 5) is 0.418. The van der Waals surface area contributed by atoms with Gasteiger partial charge in [0.05, 0.1) is 0 Å². The smallest absolute Gasteiger partial charge is 0.167 e. The van der Waals surface area contributed by atoms with Crippen LogP contribution in [0.1, 0.15) is 0 Å². The Balaban J connectivity index is 3.19. The lowest BCUT2D eigenvalue weighted by Gasteiger charge is -2.01. The van der Waals surface area contributed by atoms with E-state index in [1.165, 1.54) is 6.07 Å². The van der Waals surface area contributed by atoms with Gasteiger partial charge in [0, 0.05) is 10.2 Å². The van der Waals surface area contributed by atoms with Gasteiger partial charge in [0.15, 0.2) is 11.6 Å². The van der Waals surface area contributed by atoms with Crippen molar-refractivity contribution >= 4 is 26.3 Å². The lowest BCUT2D eigenvalue weighted by molar-refractivity contribution is 0.512. The summed E-state index contributed by atoms with van der Waals surface area (Å²) in [5, 5.41) is 10.2. The van der Waals surface area contributed by atoms with Crippen LogP contribution in [0.4, 0.5) is 8.78 Å². The molecule has 0 amide bonds. The van der Waals surface area contributed by atoms with Crippen LogP contribution >= 0.6 is 21.0 Å². The highest BCUT2D eigenvalue weighted by Crippen LogP contribution is 2.19. The van der Waals surface area contributed by atoms with Gasteiger partial charge in [-0.2, -0.15) is 5.26 Å². The molecule has 1 aromatic carbocycles. The van der Waals surface area contributed by atoms with Crippen molar-refractivity contribution in [1.82, 2.24) is 0 Å². The predicted octanol–water partition coefficient (Wildman–Crippen LogP) is 2.04. The molecule has 0 saturated heterocycles. The molecular weight excluding hydrogens is 199 g/mol. The van der Waals surface area contributed by atoms with Crippen molar-refractivity contribution < 1.29 is 8.78 Å². The van der Waals surface area contributed by atoms with Gasteiger partial charge in [-0.25, -0.2) is 8.78 Å². The minimum atomic E-state index is -0.916. The molecular formula is C7H4F2NPS. The third-order valence-electron chi connectivity index (χ3n) is 1.25. The van der Waals surface area contributed by atoms with E-state index < -0.39 is 11.6 Å². The molecule has 1 aromatic rings. The fraction of sp³-hybridized carbons (Fsp3) is 0. The number of thiocyanates is 1. The number of hydrogen-bond acceptors (Lipinski definition) is 2. The van der Waals surface area contributed by atoms with E-state index in [0.29, 0.717) is 4.90 Å². The first-order chi connectivity index (χ1) is 5.66. The Kier molecular flexibility index (Phi) is 3.02. The van der Waals surface area contributed by atoms with Gasteiger partial charge in [0.2, 0.25) is 0 Å². The molecule has 1 unspecified atom stereocenters. The molecule has 0 bridgehead atoms. The fourth-order valence-corrected chi connectivity index (χ4v) is 1.53. The molecule has 1 atom stereocenters. The minimum Gasteiger partial charge on any atom is -0.204 e. The van der Waals surface area contributed by atoms with Crippen LogP contribution in [0.15, 0.2) is 17.0 Å². The average molecular weight is 203 g/mol.